The van der Waals surface area contributed by atoms with Crippen LogP contribution in [0.4, 0.5) is 0 Å². The van der Waals surface area contributed by atoms with Crippen LogP contribution in [0, 0.1) is 6.92 Å². The Hall–Kier alpha value is -2.50. The summed E-state index contributed by atoms with van der Waals surface area (Å²) in [6.07, 6.45) is 0. The van der Waals surface area contributed by atoms with Crippen LogP contribution < -0.4 is 10.1 Å². The van der Waals surface area contributed by atoms with Crippen molar-refractivity contribution in [1.82, 2.24) is 15.4 Å². The Morgan fingerprint density at radius 1 is 1.32 bits per heavy atom. The van der Waals surface area contributed by atoms with Crippen molar-refractivity contribution in [2.45, 2.75) is 33.2 Å². The quantitative estimate of drug-likeness (QED) is 0.617. The third-order valence-electron chi connectivity index (χ3n) is 3.88. The summed E-state index contributed by atoms with van der Waals surface area (Å²) in [5.74, 6) is 2.83. The summed E-state index contributed by atoms with van der Waals surface area (Å²) in [5, 5.41) is 7.35. The number of aliphatic imine (C=N–C) groups is 1. The highest BCUT2D eigenvalue weighted by Crippen LogP contribution is 2.14. The van der Waals surface area contributed by atoms with Crippen LogP contribution in [0.25, 0.3) is 0 Å². The fourth-order valence-corrected chi connectivity index (χ4v) is 2.28. The van der Waals surface area contributed by atoms with Crippen LogP contribution in [0.5, 0.6) is 5.75 Å². The largest absolute Gasteiger partial charge is 0.492 e. The molecule has 0 atom stereocenters. The second-order valence-electron chi connectivity index (χ2n) is 6.36. The maximum atomic E-state index is 5.77. The van der Waals surface area contributed by atoms with Crippen molar-refractivity contribution < 1.29 is 9.26 Å². The first-order valence-corrected chi connectivity index (χ1v) is 8.56. The summed E-state index contributed by atoms with van der Waals surface area (Å²) < 4.78 is 11.1. The van der Waals surface area contributed by atoms with Crippen LogP contribution in [0.3, 0.4) is 0 Å². The van der Waals surface area contributed by atoms with Crippen molar-refractivity contribution in [3.05, 3.63) is 47.3 Å². The minimum absolute atomic E-state index is 0.360. The Kier molecular flexibility index (Phi) is 6.86. The van der Waals surface area contributed by atoms with Crippen LogP contribution in [-0.4, -0.2) is 43.3 Å². The number of hydrogen-bond acceptors (Lipinski definition) is 4. The van der Waals surface area contributed by atoms with Crippen molar-refractivity contribution in [3.8, 4) is 5.75 Å². The fraction of sp³-hybridized carbons (Fsp3) is 0.474. The molecule has 0 aliphatic carbocycles. The summed E-state index contributed by atoms with van der Waals surface area (Å²) in [7, 11) is 3.74. The smallest absolute Gasteiger partial charge is 0.193 e. The van der Waals surface area contributed by atoms with Crippen LogP contribution in [0.15, 0.2) is 39.8 Å². The topological polar surface area (TPSA) is 62.9 Å². The summed E-state index contributed by atoms with van der Waals surface area (Å²) in [5.41, 5.74) is 2.19. The predicted octanol–water partition coefficient (Wildman–Crippen LogP) is 3.19. The average molecular weight is 344 g/mol. The molecular formula is C19H28N4O2. The van der Waals surface area contributed by atoms with Gasteiger partial charge in [0.1, 0.15) is 12.4 Å². The van der Waals surface area contributed by atoms with E-state index in [1.54, 1.807) is 7.05 Å². The lowest BCUT2D eigenvalue weighted by molar-refractivity contribution is 0.280. The van der Waals surface area contributed by atoms with Gasteiger partial charge < -0.3 is 19.5 Å². The molecule has 0 radical (unpaired) electrons. The standard InChI is InChI=1S/C19H28N4O2/c1-14(2)18-12-17(25-22-18)13-21-19(20-4)23(5)10-11-24-16-8-6-15(3)7-9-16/h6-9,12,14H,10-11,13H2,1-5H3,(H,20,21). The average Bonchev–Trinajstić information content (AvgIpc) is 3.06. The third-order valence-corrected chi connectivity index (χ3v) is 3.88. The Balaban J connectivity index is 1.77. The van der Waals surface area contributed by atoms with Crippen molar-refractivity contribution >= 4 is 5.96 Å². The lowest BCUT2D eigenvalue weighted by Crippen LogP contribution is -2.40. The van der Waals surface area contributed by atoms with Crippen LogP contribution in [0.2, 0.25) is 0 Å². The van der Waals surface area contributed by atoms with Gasteiger partial charge in [-0.25, -0.2) is 0 Å². The molecule has 1 aromatic carbocycles. The van der Waals surface area contributed by atoms with E-state index in [2.05, 4.69) is 36.2 Å². The lowest BCUT2D eigenvalue weighted by atomic mass is 10.1. The number of guanidine groups is 1. The number of aryl methyl sites for hydroxylation is 1. The zero-order valence-corrected chi connectivity index (χ0v) is 15.7. The van der Waals surface area contributed by atoms with Crippen LogP contribution in [-0.2, 0) is 6.54 Å². The normalized spacial score (nSPS) is 11.7. The number of nitrogens with one attached hydrogen (secondary N) is 1. The molecule has 1 N–H and O–H groups in total. The zero-order valence-electron chi connectivity index (χ0n) is 15.7. The molecule has 6 nitrogen and oxygen atoms in total. The molecule has 1 heterocycles. The molecule has 0 unspecified atom stereocenters. The first kappa shape index (κ1) is 18.8. The molecule has 0 aliphatic heterocycles. The SMILES string of the molecule is CN=C(NCc1cc(C(C)C)no1)N(C)CCOc1ccc(C)cc1. The lowest BCUT2D eigenvalue weighted by Gasteiger charge is -2.21. The highest BCUT2D eigenvalue weighted by atomic mass is 16.5. The molecule has 2 aromatic rings. The summed E-state index contributed by atoms with van der Waals surface area (Å²) in [4.78, 5) is 6.32. The molecule has 136 valence electrons. The van der Waals surface area contributed by atoms with Gasteiger partial charge in [-0.1, -0.05) is 36.7 Å². The Morgan fingerprint density at radius 2 is 2.04 bits per heavy atom. The molecule has 25 heavy (non-hydrogen) atoms. The van der Waals surface area contributed by atoms with Gasteiger partial charge in [-0.05, 0) is 25.0 Å². The van der Waals surface area contributed by atoms with E-state index in [9.17, 15) is 0 Å². The molecule has 0 amide bonds. The van der Waals surface area contributed by atoms with E-state index in [0.29, 0.717) is 19.1 Å². The van der Waals surface area contributed by atoms with E-state index in [-0.39, 0.29) is 0 Å². The summed E-state index contributed by atoms with van der Waals surface area (Å²) in [6, 6.07) is 10.0. The molecule has 6 heteroatoms. The first-order chi connectivity index (χ1) is 12.0. The van der Waals surface area contributed by atoms with Gasteiger partial charge in [0.25, 0.3) is 0 Å². The molecule has 0 bridgehead atoms. The van der Waals surface area contributed by atoms with Gasteiger partial charge in [-0.3, -0.25) is 4.99 Å². The molecule has 1 aromatic heterocycles. The maximum absolute atomic E-state index is 5.77. The van der Waals surface area contributed by atoms with E-state index < -0.39 is 0 Å². The Morgan fingerprint density at radius 3 is 2.64 bits per heavy atom. The maximum Gasteiger partial charge on any atom is 0.193 e. The minimum atomic E-state index is 0.360. The van der Waals surface area contributed by atoms with Crippen molar-refractivity contribution in [2.24, 2.45) is 4.99 Å². The number of rotatable bonds is 7. The summed E-state index contributed by atoms with van der Waals surface area (Å²) >= 11 is 0. The van der Waals surface area contributed by atoms with Crippen molar-refractivity contribution in [2.75, 3.05) is 27.2 Å². The van der Waals surface area contributed by atoms with Gasteiger partial charge in [0, 0.05) is 20.2 Å². The van der Waals surface area contributed by atoms with E-state index in [1.165, 1.54) is 5.56 Å². The second kappa shape index (κ2) is 9.11. The summed E-state index contributed by atoms with van der Waals surface area (Å²) in [6.45, 7) is 8.11. The van der Waals surface area contributed by atoms with E-state index in [4.69, 9.17) is 9.26 Å². The second-order valence-corrected chi connectivity index (χ2v) is 6.36. The van der Waals surface area contributed by atoms with Crippen molar-refractivity contribution in [3.63, 3.8) is 0 Å². The Bertz CT molecular complexity index is 677. The van der Waals surface area contributed by atoms with E-state index in [1.807, 2.05) is 42.3 Å². The monoisotopic (exact) mass is 344 g/mol. The van der Waals surface area contributed by atoms with E-state index >= 15 is 0 Å². The first-order valence-electron chi connectivity index (χ1n) is 8.56. The van der Waals surface area contributed by atoms with Crippen molar-refractivity contribution in [1.29, 1.82) is 0 Å². The van der Waals surface area contributed by atoms with Gasteiger partial charge in [0.2, 0.25) is 0 Å². The zero-order chi connectivity index (χ0) is 18.2. The van der Waals surface area contributed by atoms with Gasteiger partial charge in [0.15, 0.2) is 11.7 Å². The molecule has 0 saturated carbocycles. The number of aromatic nitrogens is 1. The molecule has 0 saturated heterocycles. The molecule has 0 fully saturated rings. The number of nitrogens with zero attached hydrogens (tertiary/aromatic N) is 3. The third kappa shape index (κ3) is 5.81. The van der Waals surface area contributed by atoms with Gasteiger partial charge in [0.05, 0.1) is 18.8 Å². The van der Waals surface area contributed by atoms with Gasteiger partial charge in [-0.2, -0.15) is 0 Å². The highest BCUT2D eigenvalue weighted by Gasteiger charge is 2.10. The minimum Gasteiger partial charge on any atom is -0.492 e. The van der Waals surface area contributed by atoms with Gasteiger partial charge >= 0.3 is 0 Å². The fourth-order valence-electron chi connectivity index (χ4n) is 2.28. The Labute approximate surface area is 149 Å². The van der Waals surface area contributed by atoms with E-state index in [0.717, 1.165) is 29.7 Å². The number of hydrogen-bond donors (Lipinski definition) is 1. The molecular weight excluding hydrogens is 316 g/mol. The molecule has 0 spiro atoms. The van der Waals surface area contributed by atoms with Gasteiger partial charge in [-0.15, -0.1) is 0 Å². The number of ether oxygens (including phenoxy) is 1. The predicted molar refractivity (Wildman–Crippen MR) is 100 cm³/mol. The molecule has 0 aliphatic rings. The van der Waals surface area contributed by atoms with Crippen LogP contribution >= 0.6 is 0 Å². The molecule has 2 rings (SSSR count). The van der Waals surface area contributed by atoms with Crippen LogP contribution in [0.1, 0.15) is 36.8 Å². The number of benzene rings is 1. The highest BCUT2D eigenvalue weighted by molar-refractivity contribution is 5.79. The number of likely N-dealkylation sites (N-methyl/N-ethyl adjacent to an activating group) is 1.